The van der Waals surface area contributed by atoms with Crippen molar-refractivity contribution in [2.75, 3.05) is 20.0 Å². The van der Waals surface area contributed by atoms with Crippen LogP contribution in [0.5, 0.6) is 5.75 Å². The number of hydrogen-bond donors (Lipinski definition) is 1. The van der Waals surface area contributed by atoms with Crippen LogP contribution in [0.4, 0.5) is 8.78 Å². The lowest BCUT2D eigenvalue weighted by molar-refractivity contribution is -0.138. The molecule has 7 nitrogen and oxygen atoms in total. The number of nitriles is 1. The van der Waals surface area contributed by atoms with Gasteiger partial charge in [-0.05, 0) is 13.0 Å². The van der Waals surface area contributed by atoms with Crippen LogP contribution in [-0.4, -0.2) is 38.5 Å². The lowest BCUT2D eigenvalue weighted by Gasteiger charge is -2.29. The Bertz CT molecular complexity index is 908. The van der Waals surface area contributed by atoms with Gasteiger partial charge in [0.2, 0.25) is 0 Å². The number of thioether (sulfide) groups is 1. The highest BCUT2D eigenvalue weighted by Crippen LogP contribution is 2.44. The first-order valence-corrected chi connectivity index (χ1v) is 9.26. The van der Waals surface area contributed by atoms with Gasteiger partial charge in [0.05, 0.1) is 48.1 Å². The number of carbonyl (C=O) groups is 2. The Morgan fingerprint density at radius 2 is 1.97 bits per heavy atom. The highest BCUT2D eigenvalue weighted by Gasteiger charge is 2.37. The van der Waals surface area contributed by atoms with E-state index >= 15 is 0 Å². The van der Waals surface area contributed by atoms with Crippen molar-refractivity contribution in [1.82, 2.24) is 5.32 Å². The second-order valence-corrected chi connectivity index (χ2v) is 6.71. The predicted octanol–water partition coefficient (Wildman–Crippen LogP) is 3.06. The Hall–Kier alpha value is -3.06. The second-order valence-electron chi connectivity index (χ2n) is 5.72. The molecule has 0 bridgehead atoms. The molecule has 0 radical (unpaired) electrons. The fraction of sp³-hybridized carbons (Fsp3) is 0.316. The number of carbonyl (C=O) groups excluding carboxylic acids is 2. The first-order chi connectivity index (χ1) is 13.8. The van der Waals surface area contributed by atoms with Gasteiger partial charge in [0.15, 0.2) is 0 Å². The third-order valence-corrected chi connectivity index (χ3v) is 5.05. The number of methoxy groups -OCH3 is 2. The molecule has 10 heteroatoms. The van der Waals surface area contributed by atoms with Crippen LogP contribution in [0, 0.1) is 11.3 Å². The number of ether oxygens (including phenoxy) is 3. The van der Waals surface area contributed by atoms with Gasteiger partial charge in [0, 0.05) is 11.3 Å². The molecule has 154 valence electrons. The molecule has 1 aliphatic rings. The summed E-state index contributed by atoms with van der Waals surface area (Å²) in [6, 6.07) is 7.91. The van der Waals surface area contributed by atoms with Crippen LogP contribution < -0.4 is 10.1 Å². The van der Waals surface area contributed by atoms with E-state index in [0.717, 1.165) is 11.8 Å². The summed E-state index contributed by atoms with van der Waals surface area (Å²) in [5.41, 5.74) is 0.703. The average molecular weight is 424 g/mol. The van der Waals surface area contributed by atoms with E-state index in [1.165, 1.54) is 32.4 Å². The number of allylic oxidation sites excluding steroid dienone is 2. The third-order valence-electron chi connectivity index (χ3n) is 4.06. The zero-order valence-corrected chi connectivity index (χ0v) is 16.6. The molecule has 0 amide bonds. The van der Waals surface area contributed by atoms with Crippen LogP contribution in [0.25, 0.3) is 0 Å². The number of hydrogen-bond acceptors (Lipinski definition) is 8. The minimum absolute atomic E-state index is 0.0650. The summed E-state index contributed by atoms with van der Waals surface area (Å²) in [5, 5.41) is 13.0. The maximum absolute atomic E-state index is 12.9. The number of rotatable bonds is 7. The maximum atomic E-state index is 12.9. The molecule has 1 aromatic carbocycles. The summed E-state index contributed by atoms with van der Waals surface area (Å²) in [5.74, 6) is -2.53. The quantitative estimate of drug-likeness (QED) is 0.667. The van der Waals surface area contributed by atoms with Crippen LogP contribution >= 0.6 is 11.8 Å². The first kappa shape index (κ1) is 22.2. The monoisotopic (exact) mass is 424 g/mol. The van der Waals surface area contributed by atoms with E-state index in [-0.39, 0.29) is 28.2 Å². The summed E-state index contributed by atoms with van der Waals surface area (Å²) in [4.78, 5) is 24.0. The lowest BCUT2D eigenvalue weighted by atomic mass is 9.82. The highest BCUT2D eigenvalue weighted by atomic mass is 32.2. The zero-order chi connectivity index (χ0) is 21.6. The van der Waals surface area contributed by atoms with Gasteiger partial charge in [-0.2, -0.15) is 14.0 Å². The number of nitrogens with one attached hydrogen (secondary N) is 1. The van der Waals surface area contributed by atoms with E-state index in [9.17, 15) is 23.6 Å². The fourth-order valence-corrected chi connectivity index (χ4v) is 3.75. The first-order valence-electron chi connectivity index (χ1n) is 8.27. The van der Waals surface area contributed by atoms with Crippen molar-refractivity contribution in [3.8, 4) is 11.8 Å². The molecule has 0 spiro atoms. The number of alkyl halides is 2. The Balaban J connectivity index is 2.64. The normalized spacial score (nSPS) is 16.2. The molecule has 2 rings (SSSR count). The maximum Gasteiger partial charge on any atom is 0.387 e. The molecule has 1 unspecified atom stereocenters. The second kappa shape index (κ2) is 9.93. The minimum atomic E-state index is -3.09. The van der Waals surface area contributed by atoms with E-state index in [1.807, 2.05) is 6.07 Å². The van der Waals surface area contributed by atoms with Crippen LogP contribution in [-0.2, 0) is 19.1 Å². The summed E-state index contributed by atoms with van der Waals surface area (Å²) in [7, 11) is 2.41. The van der Waals surface area contributed by atoms with Gasteiger partial charge in [-0.25, -0.2) is 4.79 Å². The number of esters is 2. The van der Waals surface area contributed by atoms with Crippen LogP contribution in [0.2, 0.25) is 0 Å². The van der Waals surface area contributed by atoms with E-state index in [1.54, 1.807) is 13.0 Å². The molecule has 1 aromatic rings. The summed E-state index contributed by atoms with van der Waals surface area (Å²) >= 11 is 1.00. The number of dihydropyridines is 1. The molecule has 29 heavy (non-hydrogen) atoms. The molecule has 1 heterocycles. The number of para-hydroxylation sites is 1. The SMILES string of the molecule is COC(=O)CSC1=C(C#N)C(c2ccccc2OC(F)F)C(C(=O)OC)=C(C)N1. The van der Waals surface area contributed by atoms with E-state index in [2.05, 4.69) is 14.8 Å². The Kier molecular flexibility index (Phi) is 7.61. The topological polar surface area (TPSA) is 97.7 Å². The molecule has 0 aliphatic carbocycles. The Labute approximate surface area is 170 Å². The van der Waals surface area contributed by atoms with Crippen molar-refractivity contribution in [3.05, 3.63) is 51.7 Å². The number of halogens is 2. The average Bonchev–Trinajstić information content (AvgIpc) is 2.70. The van der Waals surface area contributed by atoms with Gasteiger partial charge in [-0.3, -0.25) is 4.79 Å². The lowest BCUT2D eigenvalue weighted by Crippen LogP contribution is -2.29. The molecular weight excluding hydrogens is 406 g/mol. The molecule has 0 saturated heterocycles. The molecule has 1 aliphatic heterocycles. The number of benzene rings is 1. The molecule has 0 saturated carbocycles. The van der Waals surface area contributed by atoms with Crippen molar-refractivity contribution >= 4 is 23.7 Å². The molecular formula is C19H18F2N2O5S. The van der Waals surface area contributed by atoms with Crippen LogP contribution in [0.1, 0.15) is 18.4 Å². The summed E-state index contributed by atoms with van der Waals surface area (Å²) in [6.07, 6.45) is 0. The summed E-state index contributed by atoms with van der Waals surface area (Å²) in [6.45, 7) is -1.50. The highest BCUT2D eigenvalue weighted by molar-refractivity contribution is 8.03. The Morgan fingerprint density at radius 1 is 1.28 bits per heavy atom. The van der Waals surface area contributed by atoms with Gasteiger partial charge < -0.3 is 19.5 Å². The van der Waals surface area contributed by atoms with Gasteiger partial charge in [-0.15, -0.1) is 0 Å². The predicted molar refractivity (Wildman–Crippen MR) is 101 cm³/mol. The van der Waals surface area contributed by atoms with Crippen molar-refractivity contribution in [3.63, 3.8) is 0 Å². The number of nitrogens with zero attached hydrogens (tertiary/aromatic N) is 1. The molecule has 1 N–H and O–H groups in total. The molecule has 1 atom stereocenters. The fourth-order valence-electron chi connectivity index (χ4n) is 2.83. The third kappa shape index (κ3) is 5.06. The zero-order valence-electron chi connectivity index (χ0n) is 15.8. The van der Waals surface area contributed by atoms with E-state index in [4.69, 9.17) is 4.74 Å². The summed E-state index contributed by atoms with van der Waals surface area (Å²) < 4.78 is 39.8. The van der Waals surface area contributed by atoms with Crippen molar-refractivity contribution in [2.24, 2.45) is 0 Å². The van der Waals surface area contributed by atoms with Gasteiger partial charge in [-0.1, -0.05) is 30.0 Å². The van der Waals surface area contributed by atoms with E-state index < -0.39 is 24.5 Å². The van der Waals surface area contributed by atoms with Crippen molar-refractivity contribution in [1.29, 1.82) is 5.26 Å². The van der Waals surface area contributed by atoms with Crippen LogP contribution in [0.3, 0.4) is 0 Å². The van der Waals surface area contributed by atoms with Crippen molar-refractivity contribution in [2.45, 2.75) is 19.5 Å². The van der Waals surface area contributed by atoms with Gasteiger partial charge in [0.25, 0.3) is 0 Å². The minimum Gasteiger partial charge on any atom is -0.468 e. The standard InChI is InChI=1S/C19H18F2N2O5S/c1-10-15(18(25)27-3)16(11-6-4-5-7-13(11)28-19(20)21)12(8-22)17(23-10)29-9-14(24)26-2/h4-7,16,19,23H,9H2,1-3H3. The van der Waals surface area contributed by atoms with E-state index in [0.29, 0.717) is 10.7 Å². The van der Waals surface area contributed by atoms with Crippen molar-refractivity contribution < 1.29 is 32.6 Å². The molecule has 0 aromatic heterocycles. The molecule has 0 fully saturated rings. The largest absolute Gasteiger partial charge is 0.468 e. The van der Waals surface area contributed by atoms with Gasteiger partial charge >= 0.3 is 18.6 Å². The Morgan fingerprint density at radius 3 is 2.55 bits per heavy atom. The smallest absolute Gasteiger partial charge is 0.387 e. The van der Waals surface area contributed by atoms with Gasteiger partial charge in [0.1, 0.15) is 5.75 Å². The van der Waals surface area contributed by atoms with Crippen LogP contribution in [0.15, 0.2) is 46.1 Å².